The minimum absolute atomic E-state index is 0.130. The third-order valence-electron chi connectivity index (χ3n) is 3.68. The number of methoxy groups -OCH3 is 1. The molecule has 1 heterocycles. The highest BCUT2D eigenvalue weighted by Gasteiger charge is 2.11. The molecule has 6 heteroatoms. The summed E-state index contributed by atoms with van der Waals surface area (Å²) in [6.45, 7) is 2.36. The van der Waals surface area contributed by atoms with Crippen LogP contribution < -0.4 is 14.8 Å². The van der Waals surface area contributed by atoms with Gasteiger partial charge in [0.2, 0.25) is 5.91 Å². The summed E-state index contributed by atoms with van der Waals surface area (Å²) in [7, 11) is 1.58. The van der Waals surface area contributed by atoms with Crippen LogP contribution in [0.2, 0.25) is 0 Å². The smallest absolute Gasteiger partial charge is 0.230 e. The summed E-state index contributed by atoms with van der Waals surface area (Å²) in [5.41, 5.74) is 2.45. The molecule has 0 aliphatic carbocycles. The van der Waals surface area contributed by atoms with E-state index in [1.54, 1.807) is 7.11 Å². The zero-order valence-corrected chi connectivity index (χ0v) is 15.5. The molecule has 1 aromatic heterocycles. The molecule has 5 nitrogen and oxygen atoms in total. The van der Waals surface area contributed by atoms with Gasteiger partial charge in [0.25, 0.3) is 0 Å². The molecule has 26 heavy (non-hydrogen) atoms. The topological polar surface area (TPSA) is 60.5 Å². The Hall–Kier alpha value is -2.86. The minimum Gasteiger partial charge on any atom is -0.495 e. The first kappa shape index (κ1) is 17.9. The molecule has 1 amide bonds. The van der Waals surface area contributed by atoms with Crippen LogP contribution in [0.3, 0.4) is 0 Å². The van der Waals surface area contributed by atoms with Gasteiger partial charge in [-0.15, -0.1) is 11.3 Å². The zero-order chi connectivity index (χ0) is 18.4. The standard InChI is InChI=1S/C20H20N2O3S/c1-14-8-9-18(24-2)17(10-14)22-19(23)11-15-13-26-20(21-15)12-25-16-6-4-3-5-7-16/h3-10,13H,11-12H2,1-2H3,(H,22,23). The Morgan fingerprint density at radius 1 is 1.19 bits per heavy atom. The van der Waals surface area contributed by atoms with E-state index in [0.29, 0.717) is 18.0 Å². The second-order valence-corrected chi connectivity index (χ2v) is 6.71. The normalized spacial score (nSPS) is 10.4. The molecule has 3 rings (SSSR count). The van der Waals surface area contributed by atoms with Crippen LogP contribution in [-0.4, -0.2) is 18.0 Å². The van der Waals surface area contributed by atoms with Gasteiger partial charge >= 0.3 is 0 Å². The average molecular weight is 368 g/mol. The van der Waals surface area contributed by atoms with E-state index in [9.17, 15) is 4.79 Å². The maximum atomic E-state index is 12.3. The van der Waals surface area contributed by atoms with Crippen molar-refractivity contribution < 1.29 is 14.3 Å². The highest BCUT2D eigenvalue weighted by atomic mass is 32.1. The Kier molecular flexibility index (Phi) is 5.86. The summed E-state index contributed by atoms with van der Waals surface area (Å²) in [5.74, 6) is 1.31. The van der Waals surface area contributed by atoms with E-state index in [1.165, 1.54) is 11.3 Å². The molecular weight excluding hydrogens is 348 g/mol. The molecular formula is C20H20N2O3S. The monoisotopic (exact) mass is 368 g/mol. The Labute approximate surface area is 156 Å². The van der Waals surface area contributed by atoms with Gasteiger partial charge in [-0.3, -0.25) is 4.79 Å². The lowest BCUT2D eigenvalue weighted by Crippen LogP contribution is -2.15. The number of hydrogen-bond acceptors (Lipinski definition) is 5. The molecule has 0 aliphatic heterocycles. The van der Waals surface area contributed by atoms with Gasteiger partial charge in [0.05, 0.1) is 24.9 Å². The van der Waals surface area contributed by atoms with Gasteiger partial charge in [0, 0.05) is 5.38 Å². The van der Waals surface area contributed by atoms with E-state index in [0.717, 1.165) is 22.0 Å². The summed E-state index contributed by atoms with van der Waals surface area (Å²) in [4.78, 5) is 16.8. The Balaban J connectivity index is 1.57. The number of rotatable bonds is 7. The van der Waals surface area contributed by atoms with E-state index >= 15 is 0 Å². The highest BCUT2D eigenvalue weighted by Crippen LogP contribution is 2.25. The van der Waals surface area contributed by atoms with E-state index in [1.807, 2.05) is 60.8 Å². The number of anilines is 1. The number of nitrogens with one attached hydrogen (secondary N) is 1. The summed E-state index contributed by atoms with van der Waals surface area (Å²) in [6, 6.07) is 15.3. The number of nitrogens with zero attached hydrogens (tertiary/aromatic N) is 1. The Bertz CT molecular complexity index is 878. The summed E-state index contributed by atoms with van der Waals surface area (Å²) < 4.78 is 11.0. The van der Waals surface area contributed by atoms with Crippen molar-refractivity contribution in [1.29, 1.82) is 0 Å². The number of carbonyl (C=O) groups is 1. The molecule has 1 N–H and O–H groups in total. The Morgan fingerprint density at radius 2 is 2.00 bits per heavy atom. The van der Waals surface area contributed by atoms with E-state index < -0.39 is 0 Å². The molecule has 0 bridgehead atoms. The molecule has 0 saturated carbocycles. The summed E-state index contributed by atoms with van der Waals surface area (Å²) in [5, 5.41) is 5.61. The van der Waals surface area contributed by atoms with Crippen LogP contribution in [0.25, 0.3) is 0 Å². The first-order valence-corrected chi connectivity index (χ1v) is 9.07. The van der Waals surface area contributed by atoms with Crippen LogP contribution in [0.4, 0.5) is 5.69 Å². The van der Waals surface area contributed by atoms with Crippen molar-refractivity contribution in [3.05, 3.63) is 70.2 Å². The lowest BCUT2D eigenvalue weighted by molar-refractivity contribution is -0.115. The van der Waals surface area contributed by atoms with E-state index in [-0.39, 0.29) is 12.3 Å². The van der Waals surface area contributed by atoms with Gasteiger partial charge in [0.15, 0.2) is 0 Å². The van der Waals surface area contributed by atoms with Gasteiger partial charge < -0.3 is 14.8 Å². The van der Waals surface area contributed by atoms with Crippen molar-refractivity contribution in [2.75, 3.05) is 12.4 Å². The van der Waals surface area contributed by atoms with Crippen LogP contribution in [0.1, 0.15) is 16.3 Å². The van der Waals surface area contributed by atoms with Crippen LogP contribution >= 0.6 is 11.3 Å². The lowest BCUT2D eigenvalue weighted by atomic mass is 10.2. The van der Waals surface area contributed by atoms with E-state index in [2.05, 4.69) is 10.3 Å². The molecule has 0 spiro atoms. The minimum atomic E-state index is -0.130. The number of aryl methyl sites for hydroxylation is 1. The molecule has 0 fully saturated rings. The molecule has 0 radical (unpaired) electrons. The number of thiazole rings is 1. The van der Waals surface area contributed by atoms with Crippen LogP contribution in [0.15, 0.2) is 53.9 Å². The molecule has 3 aromatic rings. The van der Waals surface area contributed by atoms with E-state index in [4.69, 9.17) is 9.47 Å². The first-order valence-electron chi connectivity index (χ1n) is 8.19. The molecule has 0 atom stereocenters. The fourth-order valence-electron chi connectivity index (χ4n) is 2.44. The van der Waals surface area contributed by atoms with Crippen molar-refractivity contribution in [3.8, 4) is 11.5 Å². The first-order chi connectivity index (χ1) is 12.6. The molecule has 2 aromatic carbocycles. The molecule has 134 valence electrons. The Morgan fingerprint density at radius 3 is 2.77 bits per heavy atom. The van der Waals surface area contributed by atoms with Gasteiger partial charge in [-0.25, -0.2) is 4.98 Å². The van der Waals surface area contributed by atoms with Crippen molar-refractivity contribution >= 4 is 22.9 Å². The highest BCUT2D eigenvalue weighted by molar-refractivity contribution is 7.09. The number of carbonyl (C=O) groups excluding carboxylic acids is 1. The second-order valence-electron chi connectivity index (χ2n) is 5.76. The molecule has 0 unspecified atom stereocenters. The third-order valence-corrected chi connectivity index (χ3v) is 4.55. The summed E-state index contributed by atoms with van der Waals surface area (Å²) >= 11 is 1.49. The number of amides is 1. The number of aromatic nitrogens is 1. The second kappa shape index (κ2) is 8.49. The third kappa shape index (κ3) is 4.83. The predicted octanol–water partition coefficient (Wildman–Crippen LogP) is 4.22. The van der Waals surface area contributed by atoms with Gasteiger partial charge in [-0.1, -0.05) is 24.3 Å². The van der Waals surface area contributed by atoms with Crippen LogP contribution in [-0.2, 0) is 17.8 Å². The quantitative estimate of drug-likeness (QED) is 0.678. The van der Waals surface area contributed by atoms with Gasteiger partial charge in [0.1, 0.15) is 23.1 Å². The van der Waals surface area contributed by atoms with Crippen molar-refractivity contribution in [2.24, 2.45) is 0 Å². The number of para-hydroxylation sites is 1. The van der Waals surface area contributed by atoms with Crippen molar-refractivity contribution in [1.82, 2.24) is 4.98 Å². The largest absolute Gasteiger partial charge is 0.495 e. The molecule has 0 saturated heterocycles. The maximum absolute atomic E-state index is 12.3. The van der Waals surface area contributed by atoms with Gasteiger partial charge in [-0.2, -0.15) is 0 Å². The predicted molar refractivity (Wildman–Crippen MR) is 103 cm³/mol. The average Bonchev–Trinajstić information content (AvgIpc) is 3.08. The zero-order valence-electron chi connectivity index (χ0n) is 14.7. The number of hydrogen-bond donors (Lipinski definition) is 1. The number of ether oxygens (including phenoxy) is 2. The van der Waals surface area contributed by atoms with Gasteiger partial charge in [-0.05, 0) is 36.8 Å². The fraction of sp³-hybridized carbons (Fsp3) is 0.200. The van der Waals surface area contributed by atoms with Crippen LogP contribution in [0, 0.1) is 6.92 Å². The lowest BCUT2D eigenvalue weighted by Gasteiger charge is -2.10. The van der Waals surface area contributed by atoms with Crippen molar-refractivity contribution in [2.45, 2.75) is 20.0 Å². The fourth-order valence-corrected chi connectivity index (χ4v) is 3.14. The molecule has 0 aliphatic rings. The summed E-state index contributed by atoms with van der Waals surface area (Å²) in [6.07, 6.45) is 0.207. The van der Waals surface area contributed by atoms with Crippen LogP contribution in [0.5, 0.6) is 11.5 Å². The maximum Gasteiger partial charge on any atom is 0.230 e. The SMILES string of the molecule is COc1ccc(C)cc1NC(=O)Cc1csc(COc2ccccc2)n1. The van der Waals surface area contributed by atoms with Crippen molar-refractivity contribution in [3.63, 3.8) is 0 Å². The number of benzene rings is 2.